The zero-order valence-corrected chi connectivity index (χ0v) is 8.68. The van der Waals surface area contributed by atoms with Crippen molar-refractivity contribution in [3.63, 3.8) is 0 Å². The molecule has 0 aromatic heterocycles. The van der Waals surface area contributed by atoms with Crippen molar-refractivity contribution in [1.29, 1.82) is 0 Å². The second-order valence-corrected chi connectivity index (χ2v) is 3.61. The minimum absolute atomic E-state index is 1.02. The molecule has 2 heteroatoms. The summed E-state index contributed by atoms with van der Waals surface area (Å²) in [5.74, 6) is 1.33. The molecule has 0 amide bonds. The van der Waals surface area contributed by atoms with E-state index >= 15 is 0 Å². The van der Waals surface area contributed by atoms with Gasteiger partial charge in [0.15, 0.2) is 0 Å². The van der Waals surface area contributed by atoms with E-state index in [1.165, 1.54) is 17.0 Å². The largest absolute Gasteiger partial charge is 0.364 e. The highest BCUT2D eigenvalue weighted by Gasteiger charge is 2.14. The minimum Gasteiger partial charge on any atom is -0.364 e. The summed E-state index contributed by atoms with van der Waals surface area (Å²) in [7, 11) is 6.31. The van der Waals surface area contributed by atoms with Gasteiger partial charge in [0, 0.05) is 27.7 Å². The summed E-state index contributed by atoms with van der Waals surface area (Å²) < 4.78 is 0. The summed E-state index contributed by atoms with van der Waals surface area (Å²) in [6.07, 6.45) is 2.27. The van der Waals surface area contributed by atoms with Crippen LogP contribution in [0.5, 0.6) is 0 Å². The first kappa shape index (κ1) is 9.17. The lowest BCUT2D eigenvalue weighted by Gasteiger charge is -2.33. The van der Waals surface area contributed by atoms with E-state index in [0.717, 1.165) is 6.54 Å². The molecule has 0 aromatic carbocycles. The Labute approximate surface area is 75.2 Å². The molecule has 0 aromatic rings. The lowest BCUT2D eigenvalue weighted by molar-refractivity contribution is 0.311. The van der Waals surface area contributed by atoms with Crippen LogP contribution in [0.4, 0.5) is 0 Å². The lowest BCUT2D eigenvalue weighted by atomic mass is 10.1. The van der Waals surface area contributed by atoms with Crippen LogP contribution in [0, 0.1) is 0 Å². The Morgan fingerprint density at radius 3 is 2.33 bits per heavy atom. The molecule has 1 aliphatic heterocycles. The molecule has 0 bridgehead atoms. The minimum atomic E-state index is 1.02. The van der Waals surface area contributed by atoms with E-state index in [4.69, 9.17) is 0 Å². The van der Waals surface area contributed by atoms with Gasteiger partial charge < -0.3 is 9.80 Å². The van der Waals surface area contributed by atoms with Crippen LogP contribution < -0.4 is 0 Å². The van der Waals surface area contributed by atoms with Crippen LogP contribution >= 0.6 is 0 Å². The fraction of sp³-hybridized carbons (Fsp3) is 0.600. The van der Waals surface area contributed by atoms with E-state index in [9.17, 15) is 0 Å². The molecular formula is C10H18N2. The number of rotatable bonds is 1. The van der Waals surface area contributed by atoms with Crippen LogP contribution in [-0.4, -0.2) is 37.5 Å². The Kier molecular flexibility index (Phi) is 2.46. The first-order valence-electron chi connectivity index (χ1n) is 4.30. The summed E-state index contributed by atoms with van der Waals surface area (Å²) in [4.78, 5) is 4.44. The van der Waals surface area contributed by atoms with Crippen LogP contribution in [0.25, 0.3) is 0 Å². The van der Waals surface area contributed by atoms with Gasteiger partial charge in [0.2, 0.25) is 0 Å². The van der Waals surface area contributed by atoms with E-state index in [1.807, 2.05) is 0 Å². The first-order chi connectivity index (χ1) is 5.54. The number of nitrogens with zero attached hydrogens (tertiary/aromatic N) is 2. The maximum atomic E-state index is 2.27. The zero-order chi connectivity index (χ0) is 9.30. The van der Waals surface area contributed by atoms with E-state index in [0.29, 0.717) is 0 Å². The van der Waals surface area contributed by atoms with Crippen molar-refractivity contribution in [2.75, 3.05) is 27.7 Å². The van der Waals surface area contributed by atoms with E-state index in [-0.39, 0.29) is 0 Å². The fourth-order valence-electron chi connectivity index (χ4n) is 1.65. The molecule has 0 saturated heterocycles. The lowest BCUT2D eigenvalue weighted by Crippen LogP contribution is -2.31. The molecule has 68 valence electrons. The average molecular weight is 166 g/mol. The van der Waals surface area contributed by atoms with Crippen molar-refractivity contribution < 1.29 is 0 Å². The van der Waals surface area contributed by atoms with Gasteiger partial charge >= 0.3 is 0 Å². The van der Waals surface area contributed by atoms with Crippen LogP contribution in [0.15, 0.2) is 23.0 Å². The molecule has 0 radical (unpaired) electrons. The molecule has 2 nitrogen and oxygen atoms in total. The zero-order valence-electron chi connectivity index (χ0n) is 8.68. The highest BCUT2D eigenvalue weighted by Crippen LogP contribution is 2.22. The standard InChI is InChI=1S/C10H18N2/c1-8-6-7-12(5)10(9(8)2)11(3)4/h6H,7H2,1-5H3. The number of hydrogen-bond donors (Lipinski definition) is 0. The van der Waals surface area contributed by atoms with Crippen LogP contribution in [-0.2, 0) is 0 Å². The van der Waals surface area contributed by atoms with Gasteiger partial charge in [-0.25, -0.2) is 0 Å². The Morgan fingerprint density at radius 2 is 1.92 bits per heavy atom. The van der Waals surface area contributed by atoms with Crippen molar-refractivity contribution in [1.82, 2.24) is 9.80 Å². The van der Waals surface area contributed by atoms with Crippen molar-refractivity contribution in [2.24, 2.45) is 0 Å². The molecule has 1 rings (SSSR count). The number of hydrogen-bond acceptors (Lipinski definition) is 2. The van der Waals surface area contributed by atoms with Gasteiger partial charge in [0.05, 0.1) is 0 Å². The van der Waals surface area contributed by atoms with Crippen molar-refractivity contribution in [3.8, 4) is 0 Å². The Balaban J connectivity index is 3.03. The third-order valence-corrected chi connectivity index (χ3v) is 2.38. The van der Waals surface area contributed by atoms with E-state index in [1.54, 1.807) is 0 Å². The molecule has 0 unspecified atom stereocenters. The molecule has 0 aliphatic carbocycles. The quantitative estimate of drug-likeness (QED) is 0.584. The monoisotopic (exact) mass is 166 g/mol. The van der Waals surface area contributed by atoms with Crippen LogP contribution in [0.1, 0.15) is 13.8 Å². The molecular weight excluding hydrogens is 148 g/mol. The van der Waals surface area contributed by atoms with Gasteiger partial charge in [-0.1, -0.05) is 6.08 Å². The summed E-state index contributed by atoms with van der Waals surface area (Å²) in [6.45, 7) is 5.37. The van der Waals surface area contributed by atoms with E-state index in [2.05, 4.69) is 50.9 Å². The van der Waals surface area contributed by atoms with Crippen molar-refractivity contribution >= 4 is 0 Å². The normalized spacial score (nSPS) is 18.1. The Hall–Kier alpha value is -0.920. The molecule has 0 N–H and O–H groups in total. The van der Waals surface area contributed by atoms with Gasteiger partial charge in [-0.15, -0.1) is 0 Å². The van der Waals surface area contributed by atoms with Crippen LogP contribution in [0.3, 0.4) is 0 Å². The summed E-state index contributed by atoms with van der Waals surface area (Å²) >= 11 is 0. The molecule has 1 aliphatic rings. The second kappa shape index (κ2) is 3.21. The number of allylic oxidation sites excluding steroid dienone is 2. The van der Waals surface area contributed by atoms with Crippen LogP contribution in [0.2, 0.25) is 0 Å². The van der Waals surface area contributed by atoms with Gasteiger partial charge in [-0.2, -0.15) is 0 Å². The highest BCUT2D eigenvalue weighted by atomic mass is 15.3. The second-order valence-electron chi connectivity index (χ2n) is 3.61. The summed E-state index contributed by atoms with van der Waals surface area (Å²) in [5.41, 5.74) is 2.78. The molecule has 0 saturated carbocycles. The highest BCUT2D eigenvalue weighted by molar-refractivity contribution is 5.34. The Morgan fingerprint density at radius 1 is 1.33 bits per heavy atom. The SMILES string of the molecule is CC1=CCN(C)C(N(C)C)=C1C. The first-order valence-corrected chi connectivity index (χ1v) is 4.30. The summed E-state index contributed by atoms with van der Waals surface area (Å²) in [6, 6.07) is 0. The van der Waals surface area contributed by atoms with Crippen molar-refractivity contribution in [3.05, 3.63) is 23.0 Å². The molecule has 12 heavy (non-hydrogen) atoms. The molecule has 0 fully saturated rings. The third kappa shape index (κ3) is 1.47. The average Bonchev–Trinajstić information content (AvgIpc) is 1.97. The summed E-state index contributed by atoms with van der Waals surface area (Å²) in [5, 5.41) is 0. The van der Waals surface area contributed by atoms with Gasteiger partial charge in [-0.05, 0) is 25.0 Å². The van der Waals surface area contributed by atoms with Gasteiger partial charge in [0.25, 0.3) is 0 Å². The van der Waals surface area contributed by atoms with Crippen molar-refractivity contribution in [2.45, 2.75) is 13.8 Å². The smallest absolute Gasteiger partial charge is 0.107 e. The predicted molar refractivity (Wildman–Crippen MR) is 52.8 cm³/mol. The van der Waals surface area contributed by atoms with Gasteiger partial charge in [0.1, 0.15) is 5.82 Å². The predicted octanol–water partition coefficient (Wildman–Crippen LogP) is 1.67. The molecule has 0 spiro atoms. The topological polar surface area (TPSA) is 6.48 Å². The number of likely N-dealkylation sites (N-methyl/N-ethyl adjacent to an activating group) is 1. The Bertz CT molecular complexity index is 236. The van der Waals surface area contributed by atoms with E-state index < -0.39 is 0 Å². The molecule has 0 atom stereocenters. The fourth-order valence-corrected chi connectivity index (χ4v) is 1.65. The third-order valence-electron chi connectivity index (χ3n) is 2.38. The maximum absolute atomic E-state index is 2.27. The maximum Gasteiger partial charge on any atom is 0.107 e. The molecule has 1 heterocycles. The van der Waals surface area contributed by atoms with Gasteiger partial charge in [-0.3, -0.25) is 0 Å².